The first kappa shape index (κ1) is 24.4. The van der Waals surface area contributed by atoms with E-state index in [1.165, 1.54) is 11.1 Å². The summed E-state index contributed by atoms with van der Waals surface area (Å²) in [5.74, 6) is 0.669. The van der Waals surface area contributed by atoms with Gasteiger partial charge in [0.1, 0.15) is 11.6 Å². The highest BCUT2D eigenvalue weighted by Gasteiger charge is 2.19. The van der Waals surface area contributed by atoms with Crippen LogP contribution in [0.1, 0.15) is 27.3 Å². The first-order valence-electron chi connectivity index (χ1n) is 11.8. The Morgan fingerprint density at radius 2 is 2.00 bits per heavy atom. The van der Waals surface area contributed by atoms with Crippen LogP contribution < -0.4 is 15.4 Å². The lowest BCUT2D eigenvalue weighted by atomic mass is 10.00. The van der Waals surface area contributed by atoms with Gasteiger partial charge in [0.25, 0.3) is 11.8 Å². The van der Waals surface area contributed by atoms with E-state index < -0.39 is 6.10 Å². The first-order chi connectivity index (χ1) is 17.1. The van der Waals surface area contributed by atoms with E-state index in [-0.39, 0.29) is 25.0 Å². The van der Waals surface area contributed by atoms with Gasteiger partial charge in [0, 0.05) is 57.1 Å². The molecule has 2 heterocycles. The average Bonchev–Trinajstić information content (AvgIpc) is 3.40. The lowest BCUT2D eigenvalue weighted by Gasteiger charge is -2.30. The number of aromatic amines is 1. The molecule has 2 aromatic carbocycles. The summed E-state index contributed by atoms with van der Waals surface area (Å²) < 4.78 is 5.54. The Morgan fingerprint density at radius 3 is 2.83 bits per heavy atom. The molecule has 184 valence electrons. The van der Waals surface area contributed by atoms with Crippen LogP contribution >= 0.6 is 0 Å². The van der Waals surface area contributed by atoms with Gasteiger partial charge in [-0.1, -0.05) is 30.3 Å². The lowest BCUT2D eigenvalue weighted by Crippen LogP contribution is -2.42. The molecule has 1 aliphatic heterocycles. The van der Waals surface area contributed by atoms with E-state index in [0.717, 1.165) is 25.3 Å². The van der Waals surface area contributed by atoms with Crippen molar-refractivity contribution in [1.82, 2.24) is 25.5 Å². The van der Waals surface area contributed by atoms with Crippen LogP contribution in [0.3, 0.4) is 0 Å². The fourth-order valence-electron chi connectivity index (χ4n) is 4.06. The molecule has 1 atom stereocenters. The predicted octanol–water partition coefficient (Wildman–Crippen LogP) is 1.30. The zero-order valence-electron chi connectivity index (χ0n) is 19.6. The third-order valence-corrected chi connectivity index (χ3v) is 5.88. The number of nitrogens with zero attached hydrogens (tertiary/aromatic N) is 2. The van der Waals surface area contributed by atoms with Crippen molar-refractivity contribution in [2.45, 2.75) is 25.5 Å². The molecule has 4 N–H and O–H groups in total. The number of hydrogen-bond acceptors (Lipinski definition) is 6. The van der Waals surface area contributed by atoms with Gasteiger partial charge in [-0.2, -0.15) is 0 Å². The standard InChI is InChI=1S/C26H31N5O4/c32-22(17-31-13-9-19-4-1-2-5-21(19)16-31)15-30-25(33)18-35-23-7-3-6-20(14-23)26(34)29-10-8-24-27-11-12-28-24/h1-7,11-12,14,22,32H,8-10,13,15-18H2,(H,27,28)(H,29,34)(H,30,33)/t22-/m1/s1. The predicted molar refractivity (Wildman–Crippen MR) is 131 cm³/mol. The van der Waals surface area contributed by atoms with Crippen molar-refractivity contribution < 1.29 is 19.4 Å². The third-order valence-electron chi connectivity index (χ3n) is 5.88. The number of nitrogens with one attached hydrogen (secondary N) is 3. The molecule has 0 radical (unpaired) electrons. The average molecular weight is 478 g/mol. The van der Waals surface area contributed by atoms with Gasteiger partial charge < -0.3 is 25.5 Å². The molecule has 4 rings (SSSR count). The van der Waals surface area contributed by atoms with Gasteiger partial charge in [0.15, 0.2) is 6.61 Å². The largest absolute Gasteiger partial charge is 0.484 e. The number of aromatic nitrogens is 2. The summed E-state index contributed by atoms with van der Waals surface area (Å²) in [4.78, 5) is 33.9. The fraction of sp³-hybridized carbons (Fsp3) is 0.346. The van der Waals surface area contributed by atoms with Gasteiger partial charge in [0.05, 0.1) is 6.10 Å². The second kappa shape index (κ2) is 12.1. The number of imidazole rings is 1. The van der Waals surface area contributed by atoms with E-state index in [0.29, 0.717) is 30.8 Å². The minimum atomic E-state index is -0.669. The minimum absolute atomic E-state index is 0.151. The summed E-state index contributed by atoms with van der Waals surface area (Å²) in [5, 5.41) is 15.9. The number of fused-ring (bicyclic) bond motifs is 1. The van der Waals surface area contributed by atoms with Gasteiger partial charge >= 0.3 is 0 Å². The van der Waals surface area contributed by atoms with Crippen LogP contribution in [0.5, 0.6) is 5.75 Å². The second-order valence-corrected chi connectivity index (χ2v) is 8.57. The Morgan fingerprint density at radius 1 is 1.14 bits per heavy atom. The highest BCUT2D eigenvalue weighted by Crippen LogP contribution is 2.18. The summed E-state index contributed by atoms with van der Waals surface area (Å²) in [5.41, 5.74) is 3.09. The number of benzene rings is 2. The van der Waals surface area contributed by atoms with Crippen LogP contribution in [-0.4, -0.2) is 70.7 Å². The maximum Gasteiger partial charge on any atom is 0.258 e. The van der Waals surface area contributed by atoms with Crippen LogP contribution in [0.4, 0.5) is 0 Å². The molecule has 0 saturated heterocycles. The van der Waals surface area contributed by atoms with Crippen molar-refractivity contribution >= 4 is 11.8 Å². The SMILES string of the molecule is O=C(COc1cccc(C(=O)NCCc2ncc[nH]2)c1)NC[C@@H](O)CN1CCc2ccccc2C1. The monoisotopic (exact) mass is 477 g/mol. The molecule has 0 saturated carbocycles. The quantitative estimate of drug-likeness (QED) is 0.331. The number of rotatable bonds is 11. The molecule has 1 aliphatic rings. The molecule has 1 aromatic heterocycles. The normalized spacial score (nSPS) is 14.1. The maximum atomic E-state index is 12.4. The maximum absolute atomic E-state index is 12.4. The number of ether oxygens (including phenoxy) is 1. The molecular formula is C26H31N5O4. The second-order valence-electron chi connectivity index (χ2n) is 8.57. The summed E-state index contributed by atoms with van der Waals surface area (Å²) in [6.07, 6.45) is 4.30. The number of aliphatic hydroxyl groups excluding tert-OH is 1. The van der Waals surface area contributed by atoms with Crippen molar-refractivity contribution in [3.05, 3.63) is 83.4 Å². The van der Waals surface area contributed by atoms with E-state index >= 15 is 0 Å². The van der Waals surface area contributed by atoms with Gasteiger partial charge in [-0.25, -0.2) is 4.98 Å². The molecule has 0 aliphatic carbocycles. The Labute approximate surface area is 204 Å². The number of amides is 2. The Bertz CT molecular complexity index is 1120. The molecule has 2 amide bonds. The zero-order chi connectivity index (χ0) is 24.5. The van der Waals surface area contributed by atoms with Crippen molar-refractivity contribution in [1.29, 1.82) is 0 Å². The molecule has 0 unspecified atom stereocenters. The van der Waals surface area contributed by atoms with Gasteiger partial charge in [-0.05, 0) is 35.7 Å². The first-order valence-corrected chi connectivity index (χ1v) is 11.8. The number of aliphatic hydroxyl groups is 1. The molecule has 9 heteroatoms. The summed E-state index contributed by atoms with van der Waals surface area (Å²) >= 11 is 0. The fourth-order valence-corrected chi connectivity index (χ4v) is 4.06. The van der Waals surface area contributed by atoms with Crippen molar-refractivity contribution in [3.63, 3.8) is 0 Å². The van der Waals surface area contributed by atoms with E-state index in [4.69, 9.17) is 4.74 Å². The van der Waals surface area contributed by atoms with Crippen LogP contribution in [0.15, 0.2) is 60.9 Å². The number of hydrogen-bond donors (Lipinski definition) is 4. The lowest BCUT2D eigenvalue weighted by molar-refractivity contribution is -0.123. The number of carbonyl (C=O) groups excluding carboxylic acids is 2. The summed E-state index contributed by atoms with van der Waals surface area (Å²) in [6, 6.07) is 15.0. The molecule has 0 fully saturated rings. The molecule has 0 spiro atoms. The molecular weight excluding hydrogens is 446 g/mol. The topological polar surface area (TPSA) is 120 Å². The summed E-state index contributed by atoms with van der Waals surface area (Å²) in [7, 11) is 0. The minimum Gasteiger partial charge on any atom is -0.484 e. The zero-order valence-corrected chi connectivity index (χ0v) is 19.6. The van der Waals surface area contributed by atoms with Crippen molar-refractivity contribution in [2.75, 3.05) is 32.8 Å². The van der Waals surface area contributed by atoms with E-state index in [2.05, 4.69) is 43.7 Å². The van der Waals surface area contributed by atoms with E-state index in [1.807, 2.05) is 6.07 Å². The van der Waals surface area contributed by atoms with Crippen LogP contribution in [0.2, 0.25) is 0 Å². The van der Waals surface area contributed by atoms with Gasteiger partial charge in [-0.15, -0.1) is 0 Å². The molecule has 9 nitrogen and oxygen atoms in total. The Hall–Kier alpha value is -3.69. The summed E-state index contributed by atoms with van der Waals surface area (Å²) in [6.45, 7) is 2.58. The smallest absolute Gasteiger partial charge is 0.258 e. The van der Waals surface area contributed by atoms with E-state index in [1.54, 1.807) is 36.7 Å². The third kappa shape index (κ3) is 7.40. The van der Waals surface area contributed by atoms with Gasteiger partial charge in [-0.3, -0.25) is 14.5 Å². The number of H-pyrrole nitrogens is 1. The molecule has 0 bridgehead atoms. The van der Waals surface area contributed by atoms with Crippen LogP contribution in [-0.2, 0) is 24.2 Å². The highest BCUT2D eigenvalue weighted by atomic mass is 16.5. The molecule has 3 aromatic rings. The Kier molecular flexibility index (Phi) is 8.48. The van der Waals surface area contributed by atoms with Crippen LogP contribution in [0.25, 0.3) is 0 Å². The Balaban J connectivity index is 1.15. The van der Waals surface area contributed by atoms with Crippen molar-refractivity contribution in [2.24, 2.45) is 0 Å². The number of carbonyl (C=O) groups is 2. The van der Waals surface area contributed by atoms with Gasteiger partial charge in [0.2, 0.25) is 0 Å². The molecule has 35 heavy (non-hydrogen) atoms. The highest BCUT2D eigenvalue weighted by molar-refractivity contribution is 5.94. The number of β-amino-alcohol motifs (C(OH)–C–C–N with tert-alkyl or cyclic N) is 1. The van der Waals surface area contributed by atoms with E-state index in [9.17, 15) is 14.7 Å². The van der Waals surface area contributed by atoms with Crippen LogP contribution in [0, 0.1) is 0 Å². The van der Waals surface area contributed by atoms with Crippen molar-refractivity contribution in [3.8, 4) is 5.75 Å².